The minimum Gasteiger partial charge on any atom is -0.465 e. The van der Waals surface area contributed by atoms with Gasteiger partial charge in [0, 0.05) is 30.4 Å². The second-order valence-corrected chi connectivity index (χ2v) is 10.7. The Labute approximate surface area is 230 Å². The molecule has 0 aliphatic carbocycles. The fraction of sp³-hybridized carbons (Fsp3) is 0.167. The van der Waals surface area contributed by atoms with E-state index in [1.807, 2.05) is 0 Å². The van der Waals surface area contributed by atoms with Gasteiger partial charge in [-0.05, 0) is 37.3 Å². The van der Waals surface area contributed by atoms with E-state index in [1.54, 1.807) is 6.92 Å². The van der Waals surface area contributed by atoms with Gasteiger partial charge in [0.05, 0.1) is 33.9 Å². The smallest absolute Gasteiger partial charge is 0.404 e. The average Bonchev–Trinajstić information content (AvgIpc) is 3.28. The standard InChI is InChI=1S/C24H21ClF3N7O4S/c1-11(31-24(36)37)10-30-23-29-6-5-17(32-23)21-20(33-22(34-21)14-4-3-12(26)8-16(14)28)15-7-13(27)9-18(19(15)25)35-40(2,38)39/h3-9,11,31,35H,10H2,1-2H3,(H,33,34)(H,36,37)(H,29,30,32). The number of nitrogens with one attached hydrogen (secondary N) is 4. The largest absolute Gasteiger partial charge is 0.465 e. The summed E-state index contributed by atoms with van der Waals surface area (Å²) in [5.41, 5.74) is -0.140. The predicted octanol–water partition coefficient (Wildman–Crippen LogP) is 4.71. The number of hydrogen-bond acceptors (Lipinski definition) is 7. The van der Waals surface area contributed by atoms with E-state index in [-0.39, 0.29) is 57.2 Å². The molecule has 11 nitrogen and oxygen atoms in total. The molecule has 16 heteroatoms. The van der Waals surface area contributed by atoms with Gasteiger partial charge in [-0.15, -0.1) is 0 Å². The number of imidazole rings is 1. The van der Waals surface area contributed by atoms with Crippen molar-refractivity contribution in [2.24, 2.45) is 0 Å². The molecule has 1 amide bonds. The van der Waals surface area contributed by atoms with Crippen LogP contribution in [0.15, 0.2) is 42.6 Å². The van der Waals surface area contributed by atoms with Crippen LogP contribution in [0.3, 0.4) is 0 Å². The molecule has 1 unspecified atom stereocenters. The number of halogens is 4. The van der Waals surface area contributed by atoms with Gasteiger partial charge in [0.25, 0.3) is 0 Å². The van der Waals surface area contributed by atoms with Crippen LogP contribution in [-0.4, -0.2) is 58.4 Å². The Morgan fingerprint density at radius 1 is 1.10 bits per heavy atom. The first-order valence-electron chi connectivity index (χ1n) is 11.4. The summed E-state index contributed by atoms with van der Waals surface area (Å²) in [6.07, 6.45) is 1.04. The number of carbonyl (C=O) groups is 1. The zero-order chi connectivity index (χ0) is 29.2. The van der Waals surface area contributed by atoms with Crippen molar-refractivity contribution in [3.8, 4) is 34.0 Å². The molecule has 0 aliphatic rings. The molecule has 4 rings (SSSR count). The van der Waals surface area contributed by atoms with Gasteiger partial charge in [-0.2, -0.15) is 0 Å². The Bertz CT molecular complexity index is 1700. The number of hydrogen-bond donors (Lipinski definition) is 5. The first-order chi connectivity index (χ1) is 18.8. The Kier molecular flexibility index (Phi) is 8.16. The highest BCUT2D eigenvalue weighted by atomic mass is 35.5. The first-order valence-corrected chi connectivity index (χ1v) is 13.7. The van der Waals surface area contributed by atoms with E-state index in [0.29, 0.717) is 6.07 Å². The molecule has 40 heavy (non-hydrogen) atoms. The summed E-state index contributed by atoms with van der Waals surface area (Å²) >= 11 is 6.47. The van der Waals surface area contributed by atoms with Crippen molar-refractivity contribution in [3.05, 3.63) is 65.1 Å². The van der Waals surface area contributed by atoms with Gasteiger partial charge in [-0.25, -0.2) is 41.3 Å². The number of H-pyrrole nitrogens is 1. The van der Waals surface area contributed by atoms with E-state index in [0.717, 1.165) is 30.5 Å². The minimum atomic E-state index is -3.84. The van der Waals surface area contributed by atoms with Crippen LogP contribution >= 0.6 is 11.6 Å². The van der Waals surface area contributed by atoms with Crippen molar-refractivity contribution in [3.63, 3.8) is 0 Å². The highest BCUT2D eigenvalue weighted by Crippen LogP contribution is 2.40. The van der Waals surface area contributed by atoms with E-state index in [2.05, 4.69) is 35.3 Å². The summed E-state index contributed by atoms with van der Waals surface area (Å²) in [6.45, 7) is 1.75. The van der Waals surface area contributed by atoms with Gasteiger partial charge in [0.2, 0.25) is 16.0 Å². The lowest BCUT2D eigenvalue weighted by atomic mass is 10.1. The number of aromatic nitrogens is 4. The van der Waals surface area contributed by atoms with Crippen LogP contribution in [0.1, 0.15) is 6.92 Å². The van der Waals surface area contributed by atoms with E-state index >= 15 is 0 Å². The third-order valence-corrected chi connectivity index (χ3v) is 6.32. The van der Waals surface area contributed by atoms with E-state index in [9.17, 15) is 26.4 Å². The number of amides is 1. The highest BCUT2D eigenvalue weighted by Gasteiger charge is 2.23. The van der Waals surface area contributed by atoms with Crippen molar-refractivity contribution in [2.45, 2.75) is 13.0 Å². The van der Waals surface area contributed by atoms with Gasteiger partial charge in [0.1, 0.15) is 29.0 Å². The SMILES string of the molecule is CC(CNc1nccc(-c2[nH]c(-c3ccc(F)cc3F)nc2-c2cc(F)cc(NS(C)(=O)=O)c2Cl)n1)NC(=O)O. The molecule has 0 bridgehead atoms. The first kappa shape index (κ1) is 28.6. The molecule has 0 aliphatic heterocycles. The van der Waals surface area contributed by atoms with Gasteiger partial charge in [-0.1, -0.05) is 11.6 Å². The lowest BCUT2D eigenvalue weighted by Crippen LogP contribution is -2.36. The third-order valence-electron chi connectivity index (χ3n) is 5.33. The lowest BCUT2D eigenvalue weighted by molar-refractivity contribution is 0.191. The molecule has 0 fully saturated rings. The summed E-state index contributed by atoms with van der Waals surface area (Å²) in [4.78, 5) is 26.6. The summed E-state index contributed by atoms with van der Waals surface area (Å²) < 4.78 is 68.6. The molecule has 2 aromatic carbocycles. The van der Waals surface area contributed by atoms with Gasteiger partial charge >= 0.3 is 6.09 Å². The van der Waals surface area contributed by atoms with Gasteiger partial charge in [0.15, 0.2) is 0 Å². The number of carboxylic acid groups (broad SMARTS) is 1. The van der Waals surface area contributed by atoms with Crippen molar-refractivity contribution in [1.29, 1.82) is 0 Å². The number of aromatic amines is 1. The molecule has 0 saturated heterocycles. The molecule has 0 radical (unpaired) electrons. The molecule has 0 saturated carbocycles. The zero-order valence-corrected chi connectivity index (χ0v) is 22.3. The monoisotopic (exact) mass is 595 g/mol. The minimum absolute atomic E-state index is 0.0228. The Balaban J connectivity index is 1.86. The van der Waals surface area contributed by atoms with Crippen LogP contribution in [0.4, 0.5) is 29.6 Å². The second-order valence-electron chi connectivity index (χ2n) is 8.62. The van der Waals surface area contributed by atoms with Crippen molar-refractivity contribution >= 4 is 39.4 Å². The Hall–Kier alpha value is -4.37. The molecule has 5 N–H and O–H groups in total. The number of rotatable bonds is 9. The second kappa shape index (κ2) is 11.4. The summed E-state index contributed by atoms with van der Waals surface area (Å²) in [6, 6.07) is 5.73. The Morgan fingerprint density at radius 3 is 2.52 bits per heavy atom. The van der Waals surface area contributed by atoms with Crippen LogP contribution in [0.2, 0.25) is 5.02 Å². The maximum atomic E-state index is 14.7. The normalized spacial score (nSPS) is 12.2. The molecular formula is C24H21ClF3N7O4S. The molecule has 2 aromatic heterocycles. The summed E-state index contributed by atoms with van der Waals surface area (Å²) in [5, 5.41) is 13.8. The van der Waals surface area contributed by atoms with Crippen molar-refractivity contribution < 1.29 is 31.5 Å². The number of sulfonamides is 1. The zero-order valence-electron chi connectivity index (χ0n) is 20.8. The number of anilines is 2. The summed E-state index contributed by atoms with van der Waals surface area (Å²) in [5.74, 6) is -2.57. The summed E-state index contributed by atoms with van der Waals surface area (Å²) in [7, 11) is -3.84. The van der Waals surface area contributed by atoms with E-state index in [4.69, 9.17) is 16.7 Å². The number of benzene rings is 2. The van der Waals surface area contributed by atoms with Gasteiger partial charge in [-0.3, -0.25) is 4.72 Å². The molecule has 0 spiro atoms. The molecule has 210 valence electrons. The van der Waals surface area contributed by atoms with E-state index < -0.39 is 39.6 Å². The highest BCUT2D eigenvalue weighted by molar-refractivity contribution is 7.92. The molecule has 1 atom stereocenters. The average molecular weight is 596 g/mol. The third kappa shape index (κ3) is 6.79. The topological polar surface area (TPSA) is 162 Å². The van der Waals surface area contributed by atoms with Crippen LogP contribution in [0.25, 0.3) is 34.0 Å². The number of nitrogens with zero attached hydrogens (tertiary/aromatic N) is 3. The van der Waals surface area contributed by atoms with Crippen LogP contribution in [0, 0.1) is 17.5 Å². The fourth-order valence-corrected chi connectivity index (χ4v) is 4.55. The predicted molar refractivity (Wildman–Crippen MR) is 143 cm³/mol. The van der Waals surface area contributed by atoms with Gasteiger partial charge < -0.3 is 20.7 Å². The lowest BCUT2D eigenvalue weighted by Gasteiger charge is -2.13. The quantitative estimate of drug-likeness (QED) is 0.186. The maximum Gasteiger partial charge on any atom is 0.404 e. The van der Waals surface area contributed by atoms with E-state index in [1.165, 1.54) is 12.3 Å². The van der Waals surface area contributed by atoms with Crippen molar-refractivity contribution in [1.82, 2.24) is 25.3 Å². The van der Waals surface area contributed by atoms with Crippen LogP contribution < -0.4 is 15.4 Å². The Morgan fingerprint density at radius 2 is 1.85 bits per heavy atom. The maximum absolute atomic E-state index is 14.7. The molecule has 2 heterocycles. The molecule has 4 aromatic rings. The van der Waals surface area contributed by atoms with Crippen LogP contribution in [-0.2, 0) is 10.0 Å². The van der Waals surface area contributed by atoms with Crippen molar-refractivity contribution in [2.75, 3.05) is 22.8 Å². The van der Waals surface area contributed by atoms with Crippen LogP contribution in [0.5, 0.6) is 0 Å². The fourth-order valence-electron chi connectivity index (χ4n) is 3.69. The molecular weight excluding hydrogens is 575 g/mol.